The molecule has 1 fully saturated rings. The highest BCUT2D eigenvalue weighted by molar-refractivity contribution is 6.05. The molecule has 2 heterocycles. The Morgan fingerprint density at radius 1 is 1.35 bits per heavy atom. The molecule has 0 saturated heterocycles. The Hall–Kier alpha value is -2.36. The van der Waals surface area contributed by atoms with Gasteiger partial charge in [0.2, 0.25) is 5.91 Å². The van der Waals surface area contributed by atoms with Gasteiger partial charge in [-0.3, -0.25) is 9.78 Å². The summed E-state index contributed by atoms with van der Waals surface area (Å²) >= 11 is 0. The van der Waals surface area contributed by atoms with Gasteiger partial charge in [-0.25, -0.2) is 0 Å². The highest BCUT2D eigenvalue weighted by atomic mass is 16.1. The number of H-pyrrole nitrogens is 1. The lowest BCUT2D eigenvalue weighted by Crippen LogP contribution is -2.12. The zero-order valence-corrected chi connectivity index (χ0v) is 13.7. The standard InChI is InChI=1S/C19H21N3O/c1-10-15(16-13(9-14(20)23)19(16,2)3)12-7-6-11-5-4-8-21-17(11)18(12)22-10/h4-8,13,16,22H,9H2,1-3H3,(H2,20,23)/t13-,16+/m0/s1. The third kappa shape index (κ3) is 1.97. The van der Waals surface area contributed by atoms with Crippen molar-refractivity contribution in [3.05, 3.63) is 41.7 Å². The van der Waals surface area contributed by atoms with Crippen LogP contribution in [0.2, 0.25) is 0 Å². The number of rotatable bonds is 3. The molecule has 4 nitrogen and oxygen atoms in total. The molecule has 4 heteroatoms. The number of aryl methyl sites for hydroxylation is 1. The van der Waals surface area contributed by atoms with Crippen LogP contribution < -0.4 is 5.73 Å². The summed E-state index contributed by atoms with van der Waals surface area (Å²) in [6, 6.07) is 8.33. The molecule has 0 radical (unpaired) electrons. The quantitative estimate of drug-likeness (QED) is 0.775. The highest BCUT2D eigenvalue weighted by Gasteiger charge is 2.59. The van der Waals surface area contributed by atoms with Crippen LogP contribution in [-0.4, -0.2) is 15.9 Å². The van der Waals surface area contributed by atoms with E-state index in [1.807, 2.05) is 12.3 Å². The number of amides is 1. The summed E-state index contributed by atoms with van der Waals surface area (Å²) in [4.78, 5) is 19.4. The van der Waals surface area contributed by atoms with Gasteiger partial charge in [-0.15, -0.1) is 0 Å². The van der Waals surface area contributed by atoms with Gasteiger partial charge in [-0.2, -0.15) is 0 Å². The molecule has 1 saturated carbocycles. The second-order valence-electron chi connectivity index (χ2n) is 7.30. The molecule has 23 heavy (non-hydrogen) atoms. The molecular formula is C19H21N3O. The van der Waals surface area contributed by atoms with E-state index in [0.29, 0.717) is 18.3 Å². The molecule has 0 spiro atoms. The molecule has 0 aliphatic heterocycles. The molecule has 2 atom stereocenters. The maximum Gasteiger partial charge on any atom is 0.217 e. The van der Waals surface area contributed by atoms with E-state index in [9.17, 15) is 4.79 Å². The molecule has 1 aromatic carbocycles. The summed E-state index contributed by atoms with van der Waals surface area (Å²) in [5.74, 6) is 0.470. The van der Waals surface area contributed by atoms with Crippen molar-refractivity contribution >= 4 is 27.7 Å². The fourth-order valence-corrected chi connectivity index (χ4v) is 4.27. The maximum atomic E-state index is 11.4. The number of aromatic nitrogens is 2. The molecule has 2 aromatic heterocycles. The lowest BCUT2D eigenvalue weighted by atomic mass is 9.99. The number of benzene rings is 1. The number of fused-ring (bicyclic) bond motifs is 3. The minimum atomic E-state index is -0.213. The van der Waals surface area contributed by atoms with Crippen LogP contribution in [0.1, 0.15) is 37.4 Å². The zero-order chi connectivity index (χ0) is 16.4. The average molecular weight is 307 g/mol. The Bertz CT molecular complexity index is 938. The van der Waals surface area contributed by atoms with Crippen molar-refractivity contribution in [2.45, 2.75) is 33.1 Å². The fraction of sp³-hybridized carbons (Fsp3) is 0.368. The number of nitrogens with zero attached hydrogens (tertiary/aromatic N) is 1. The molecule has 3 N–H and O–H groups in total. The van der Waals surface area contributed by atoms with Crippen molar-refractivity contribution < 1.29 is 4.79 Å². The first-order valence-corrected chi connectivity index (χ1v) is 8.05. The van der Waals surface area contributed by atoms with E-state index in [4.69, 9.17) is 5.73 Å². The Kier molecular flexibility index (Phi) is 2.83. The number of carbonyl (C=O) groups is 1. The summed E-state index contributed by atoms with van der Waals surface area (Å²) in [5.41, 5.74) is 10.1. The van der Waals surface area contributed by atoms with Crippen LogP contribution in [0, 0.1) is 18.3 Å². The van der Waals surface area contributed by atoms with Crippen molar-refractivity contribution in [2.75, 3.05) is 0 Å². The number of carbonyl (C=O) groups excluding carboxylic acids is 1. The van der Waals surface area contributed by atoms with E-state index >= 15 is 0 Å². The Morgan fingerprint density at radius 3 is 2.87 bits per heavy atom. The van der Waals surface area contributed by atoms with Gasteiger partial charge in [0.05, 0.1) is 11.0 Å². The highest BCUT2D eigenvalue weighted by Crippen LogP contribution is 2.67. The molecule has 118 valence electrons. The zero-order valence-electron chi connectivity index (χ0n) is 13.7. The number of hydrogen-bond acceptors (Lipinski definition) is 2. The van der Waals surface area contributed by atoms with E-state index in [1.165, 1.54) is 16.6 Å². The minimum absolute atomic E-state index is 0.105. The van der Waals surface area contributed by atoms with Crippen LogP contribution in [0.4, 0.5) is 0 Å². The Balaban J connectivity index is 1.90. The lowest BCUT2D eigenvalue weighted by molar-refractivity contribution is -0.118. The third-order valence-corrected chi connectivity index (χ3v) is 5.56. The van der Waals surface area contributed by atoms with E-state index < -0.39 is 0 Å². The van der Waals surface area contributed by atoms with Crippen molar-refractivity contribution in [1.29, 1.82) is 0 Å². The largest absolute Gasteiger partial charge is 0.370 e. The van der Waals surface area contributed by atoms with Gasteiger partial charge < -0.3 is 10.7 Å². The van der Waals surface area contributed by atoms with Crippen LogP contribution in [-0.2, 0) is 4.79 Å². The molecular weight excluding hydrogens is 286 g/mol. The summed E-state index contributed by atoms with van der Waals surface area (Å²) in [7, 11) is 0. The van der Waals surface area contributed by atoms with Crippen molar-refractivity contribution in [2.24, 2.45) is 17.1 Å². The van der Waals surface area contributed by atoms with Crippen LogP contribution in [0.5, 0.6) is 0 Å². The predicted molar refractivity (Wildman–Crippen MR) is 92.2 cm³/mol. The fourth-order valence-electron chi connectivity index (χ4n) is 4.27. The smallest absolute Gasteiger partial charge is 0.217 e. The number of pyridine rings is 1. The summed E-state index contributed by atoms with van der Waals surface area (Å²) in [6.45, 7) is 6.56. The van der Waals surface area contributed by atoms with Crippen LogP contribution >= 0.6 is 0 Å². The summed E-state index contributed by atoms with van der Waals surface area (Å²) in [6.07, 6.45) is 2.28. The second kappa shape index (κ2) is 4.57. The minimum Gasteiger partial charge on any atom is -0.370 e. The van der Waals surface area contributed by atoms with E-state index in [-0.39, 0.29) is 11.3 Å². The van der Waals surface area contributed by atoms with Crippen LogP contribution in [0.15, 0.2) is 30.5 Å². The topological polar surface area (TPSA) is 71.8 Å². The normalized spacial score (nSPS) is 22.6. The first kappa shape index (κ1) is 14.2. The van der Waals surface area contributed by atoms with E-state index in [0.717, 1.165) is 16.4 Å². The molecule has 0 bridgehead atoms. The van der Waals surface area contributed by atoms with Crippen molar-refractivity contribution in [3.63, 3.8) is 0 Å². The number of aromatic amines is 1. The van der Waals surface area contributed by atoms with Gasteiger partial charge in [0.25, 0.3) is 0 Å². The first-order valence-electron chi connectivity index (χ1n) is 8.05. The van der Waals surface area contributed by atoms with Gasteiger partial charge in [0.1, 0.15) is 0 Å². The van der Waals surface area contributed by atoms with Gasteiger partial charge >= 0.3 is 0 Å². The first-order chi connectivity index (χ1) is 10.9. The Morgan fingerprint density at radius 2 is 2.13 bits per heavy atom. The number of nitrogens with one attached hydrogen (secondary N) is 1. The summed E-state index contributed by atoms with van der Waals surface area (Å²) < 4.78 is 0. The van der Waals surface area contributed by atoms with Crippen molar-refractivity contribution in [1.82, 2.24) is 9.97 Å². The van der Waals surface area contributed by atoms with Crippen molar-refractivity contribution in [3.8, 4) is 0 Å². The lowest BCUT2D eigenvalue weighted by Gasteiger charge is -2.04. The summed E-state index contributed by atoms with van der Waals surface area (Å²) in [5, 5.41) is 2.36. The van der Waals surface area contributed by atoms with E-state index in [1.54, 1.807) is 0 Å². The number of primary amides is 1. The SMILES string of the molecule is Cc1[nH]c2c(ccc3cccnc32)c1[C@H]1[C@H](CC(N)=O)C1(C)C. The number of hydrogen-bond donors (Lipinski definition) is 2. The van der Waals surface area contributed by atoms with Gasteiger partial charge in [-0.05, 0) is 35.8 Å². The Labute approximate surface area is 135 Å². The second-order valence-corrected chi connectivity index (χ2v) is 7.30. The third-order valence-electron chi connectivity index (χ3n) is 5.56. The monoisotopic (exact) mass is 307 g/mol. The molecule has 4 rings (SSSR count). The molecule has 0 unspecified atom stereocenters. The molecule has 1 aliphatic carbocycles. The van der Waals surface area contributed by atoms with Gasteiger partial charge in [-0.1, -0.05) is 32.0 Å². The predicted octanol–water partition coefficient (Wildman–Crippen LogP) is 3.64. The molecule has 1 aliphatic rings. The molecule has 1 amide bonds. The van der Waals surface area contributed by atoms with Crippen LogP contribution in [0.25, 0.3) is 21.8 Å². The molecule has 3 aromatic rings. The van der Waals surface area contributed by atoms with Gasteiger partial charge in [0, 0.05) is 29.1 Å². The maximum absolute atomic E-state index is 11.4. The average Bonchev–Trinajstić information content (AvgIpc) is 2.86. The van der Waals surface area contributed by atoms with E-state index in [2.05, 4.69) is 48.9 Å². The van der Waals surface area contributed by atoms with Gasteiger partial charge in [0.15, 0.2) is 0 Å². The van der Waals surface area contributed by atoms with Crippen LogP contribution in [0.3, 0.4) is 0 Å². The number of nitrogens with two attached hydrogens (primary N) is 1.